The molecule has 0 fully saturated rings. The summed E-state index contributed by atoms with van der Waals surface area (Å²) in [5.41, 5.74) is 0.574. The summed E-state index contributed by atoms with van der Waals surface area (Å²) in [6, 6.07) is 10.2. The molecule has 0 atom stereocenters. The van der Waals surface area contributed by atoms with Crippen LogP contribution >= 0.6 is 23.2 Å². The Morgan fingerprint density at radius 2 is 1.73 bits per heavy atom. The Balaban J connectivity index is 2.09. The average molecular weight is 415 g/mol. The van der Waals surface area contributed by atoms with Gasteiger partial charge in [-0.15, -0.1) is 0 Å². The second-order valence-corrected chi connectivity index (χ2v) is 8.24. The Hall–Kier alpha value is -1.76. The van der Waals surface area contributed by atoms with Crippen molar-refractivity contribution in [3.05, 3.63) is 58.1 Å². The number of rotatable bonds is 8. The van der Waals surface area contributed by atoms with E-state index in [2.05, 4.69) is 17.0 Å². The number of amides is 1. The maximum atomic E-state index is 12.4. The van der Waals surface area contributed by atoms with Crippen LogP contribution in [-0.4, -0.2) is 20.9 Å². The fraction of sp³-hybridized carbons (Fsp3) is 0.278. The van der Waals surface area contributed by atoms with Gasteiger partial charge in [0.25, 0.3) is 15.9 Å². The quantitative estimate of drug-likeness (QED) is 0.613. The minimum absolute atomic E-state index is 0.0794. The molecule has 0 aromatic heterocycles. The van der Waals surface area contributed by atoms with E-state index < -0.39 is 10.0 Å². The number of unbranched alkanes of at least 4 members (excludes halogenated alkanes) is 2. The summed E-state index contributed by atoms with van der Waals surface area (Å²) in [6.45, 7) is 2.66. The smallest absolute Gasteiger partial charge is 0.261 e. The molecule has 2 N–H and O–H groups in total. The summed E-state index contributed by atoms with van der Waals surface area (Å²) < 4.78 is 27.2. The molecule has 0 aliphatic heterocycles. The first-order valence-corrected chi connectivity index (χ1v) is 10.4. The third-order valence-electron chi connectivity index (χ3n) is 3.66. The van der Waals surface area contributed by atoms with Gasteiger partial charge >= 0.3 is 0 Å². The van der Waals surface area contributed by atoms with Crippen molar-refractivity contribution in [2.24, 2.45) is 0 Å². The summed E-state index contributed by atoms with van der Waals surface area (Å²) in [6.07, 6.45) is 3.01. The van der Waals surface area contributed by atoms with Crippen LogP contribution in [0.2, 0.25) is 10.0 Å². The highest BCUT2D eigenvalue weighted by atomic mass is 35.5. The Bertz CT molecular complexity index is 869. The molecule has 0 heterocycles. The normalized spacial score (nSPS) is 11.2. The zero-order valence-corrected chi connectivity index (χ0v) is 16.6. The molecule has 0 saturated heterocycles. The van der Waals surface area contributed by atoms with Gasteiger partial charge in [0, 0.05) is 11.6 Å². The molecule has 2 rings (SSSR count). The van der Waals surface area contributed by atoms with Crippen LogP contribution < -0.4 is 10.0 Å². The molecule has 2 aromatic carbocycles. The molecule has 0 aliphatic rings. The first-order valence-electron chi connectivity index (χ1n) is 8.19. The van der Waals surface area contributed by atoms with E-state index >= 15 is 0 Å². The Morgan fingerprint density at radius 3 is 2.35 bits per heavy atom. The van der Waals surface area contributed by atoms with Crippen LogP contribution in [0.3, 0.4) is 0 Å². The van der Waals surface area contributed by atoms with Gasteiger partial charge in [-0.1, -0.05) is 43.0 Å². The Kier molecular flexibility index (Phi) is 7.32. The van der Waals surface area contributed by atoms with Crippen molar-refractivity contribution in [1.29, 1.82) is 0 Å². The second kappa shape index (κ2) is 9.26. The van der Waals surface area contributed by atoms with E-state index in [9.17, 15) is 13.2 Å². The van der Waals surface area contributed by atoms with Gasteiger partial charge < -0.3 is 5.32 Å². The number of hydrogen-bond acceptors (Lipinski definition) is 3. The highest BCUT2D eigenvalue weighted by Crippen LogP contribution is 2.24. The van der Waals surface area contributed by atoms with Gasteiger partial charge in [-0.05, 0) is 48.9 Å². The van der Waals surface area contributed by atoms with Crippen LogP contribution in [-0.2, 0) is 10.0 Å². The monoisotopic (exact) mass is 414 g/mol. The van der Waals surface area contributed by atoms with E-state index in [0.717, 1.165) is 19.3 Å². The lowest BCUT2D eigenvalue weighted by Gasteiger charge is -2.11. The number of carbonyl (C=O) groups is 1. The average Bonchev–Trinajstić information content (AvgIpc) is 2.58. The van der Waals surface area contributed by atoms with Gasteiger partial charge in [0.05, 0.1) is 21.2 Å². The number of anilines is 1. The van der Waals surface area contributed by atoms with Crippen LogP contribution in [0, 0.1) is 0 Å². The lowest BCUT2D eigenvalue weighted by atomic mass is 10.2. The summed E-state index contributed by atoms with van der Waals surface area (Å²) in [7, 11) is -3.77. The largest absolute Gasteiger partial charge is 0.352 e. The molecule has 2 aromatic rings. The van der Waals surface area contributed by atoms with E-state index in [0.29, 0.717) is 17.1 Å². The molecule has 0 spiro atoms. The summed E-state index contributed by atoms with van der Waals surface area (Å²) >= 11 is 11.9. The first-order chi connectivity index (χ1) is 12.3. The van der Waals surface area contributed by atoms with Gasteiger partial charge in [-0.3, -0.25) is 9.52 Å². The fourth-order valence-electron chi connectivity index (χ4n) is 2.26. The lowest BCUT2D eigenvalue weighted by molar-refractivity contribution is 0.0953. The summed E-state index contributed by atoms with van der Waals surface area (Å²) in [5.74, 6) is -0.279. The van der Waals surface area contributed by atoms with Crippen LogP contribution in [0.25, 0.3) is 0 Å². The maximum absolute atomic E-state index is 12.4. The van der Waals surface area contributed by atoms with E-state index in [-0.39, 0.29) is 21.5 Å². The predicted octanol–water partition coefficient (Wildman–Crippen LogP) is 4.71. The van der Waals surface area contributed by atoms with Gasteiger partial charge in [0.15, 0.2) is 0 Å². The third-order valence-corrected chi connectivity index (χ3v) is 5.62. The van der Waals surface area contributed by atoms with Crippen LogP contribution in [0.4, 0.5) is 5.69 Å². The minimum Gasteiger partial charge on any atom is -0.352 e. The van der Waals surface area contributed by atoms with Gasteiger partial charge in [-0.2, -0.15) is 0 Å². The molecule has 8 heteroatoms. The van der Waals surface area contributed by atoms with E-state index in [1.54, 1.807) is 0 Å². The molecule has 0 saturated carbocycles. The molecule has 140 valence electrons. The Labute approximate surface area is 163 Å². The molecule has 1 amide bonds. The van der Waals surface area contributed by atoms with Crippen molar-refractivity contribution in [2.75, 3.05) is 11.3 Å². The Morgan fingerprint density at radius 1 is 1.04 bits per heavy atom. The second-order valence-electron chi connectivity index (χ2n) is 5.72. The van der Waals surface area contributed by atoms with Crippen molar-refractivity contribution in [3.63, 3.8) is 0 Å². The topological polar surface area (TPSA) is 75.3 Å². The molecule has 0 radical (unpaired) electrons. The zero-order chi connectivity index (χ0) is 19.2. The minimum atomic E-state index is -3.77. The summed E-state index contributed by atoms with van der Waals surface area (Å²) in [5, 5.41) is 3.42. The molecule has 0 unspecified atom stereocenters. The van der Waals surface area contributed by atoms with Crippen molar-refractivity contribution in [1.82, 2.24) is 5.32 Å². The lowest BCUT2D eigenvalue weighted by Crippen LogP contribution is -2.24. The van der Waals surface area contributed by atoms with Crippen LogP contribution in [0.5, 0.6) is 0 Å². The number of hydrogen-bond donors (Lipinski definition) is 2. The van der Waals surface area contributed by atoms with Gasteiger partial charge in [-0.25, -0.2) is 8.42 Å². The third kappa shape index (κ3) is 5.62. The SMILES string of the molecule is CCCCCNC(=O)c1ccc(NS(=O)(=O)c2ccc(Cl)cc2)cc1Cl. The number of halogens is 2. The first kappa shape index (κ1) is 20.6. The van der Waals surface area contributed by atoms with E-state index in [1.807, 2.05) is 0 Å². The van der Waals surface area contributed by atoms with Crippen molar-refractivity contribution < 1.29 is 13.2 Å². The van der Waals surface area contributed by atoms with Gasteiger partial charge in [0.2, 0.25) is 0 Å². The van der Waals surface area contributed by atoms with E-state index in [4.69, 9.17) is 23.2 Å². The predicted molar refractivity (Wildman–Crippen MR) is 106 cm³/mol. The highest BCUT2D eigenvalue weighted by Gasteiger charge is 2.16. The van der Waals surface area contributed by atoms with Crippen LogP contribution in [0.15, 0.2) is 47.4 Å². The number of nitrogens with one attached hydrogen (secondary N) is 2. The van der Waals surface area contributed by atoms with Gasteiger partial charge in [0.1, 0.15) is 0 Å². The summed E-state index contributed by atoms with van der Waals surface area (Å²) in [4.78, 5) is 12.2. The zero-order valence-electron chi connectivity index (χ0n) is 14.3. The van der Waals surface area contributed by atoms with Crippen molar-refractivity contribution >= 4 is 44.8 Å². The molecular weight excluding hydrogens is 395 g/mol. The maximum Gasteiger partial charge on any atom is 0.261 e. The fourth-order valence-corrected chi connectivity index (χ4v) is 3.70. The number of carbonyl (C=O) groups excluding carboxylic acids is 1. The number of sulfonamides is 1. The molecule has 0 aliphatic carbocycles. The standard InChI is InChI=1S/C18H20Cl2N2O3S/c1-2-3-4-11-21-18(23)16-10-7-14(12-17(16)20)22-26(24,25)15-8-5-13(19)6-9-15/h5-10,12,22H,2-4,11H2,1H3,(H,21,23). The van der Waals surface area contributed by atoms with Crippen LogP contribution in [0.1, 0.15) is 36.5 Å². The van der Waals surface area contributed by atoms with Crippen molar-refractivity contribution in [2.45, 2.75) is 31.1 Å². The molecular formula is C18H20Cl2N2O3S. The van der Waals surface area contributed by atoms with E-state index in [1.165, 1.54) is 42.5 Å². The molecule has 0 bridgehead atoms. The molecule has 5 nitrogen and oxygen atoms in total. The van der Waals surface area contributed by atoms with Crippen molar-refractivity contribution in [3.8, 4) is 0 Å². The highest BCUT2D eigenvalue weighted by molar-refractivity contribution is 7.92. The molecule has 26 heavy (non-hydrogen) atoms. The number of benzene rings is 2.